The highest BCUT2D eigenvalue weighted by Gasteiger charge is 2.48. The lowest BCUT2D eigenvalue weighted by Crippen LogP contribution is -2.49. The van der Waals surface area contributed by atoms with Crippen molar-refractivity contribution in [2.24, 2.45) is 11.8 Å². The number of carbonyl (C=O) groups is 1. The average molecular weight is 462 g/mol. The van der Waals surface area contributed by atoms with Crippen molar-refractivity contribution in [2.45, 2.75) is 55.8 Å². The van der Waals surface area contributed by atoms with Gasteiger partial charge in [-0.1, -0.05) is 13.3 Å². The number of nitrogens with zero attached hydrogens (tertiary/aromatic N) is 2. The van der Waals surface area contributed by atoms with Gasteiger partial charge in [0.25, 0.3) is 0 Å². The summed E-state index contributed by atoms with van der Waals surface area (Å²) in [4.78, 5) is 14.5. The zero-order valence-corrected chi connectivity index (χ0v) is 18.8. The summed E-state index contributed by atoms with van der Waals surface area (Å²) in [6.45, 7) is 2.62. The highest BCUT2D eigenvalue weighted by atomic mass is 32.2. The normalized spacial score (nSPS) is 25.4. The molecule has 2 fully saturated rings. The van der Waals surface area contributed by atoms with Crippen LogP contribution in [-0.4, -0.2) is 62.8 Å². The molecule has 0 radical (unpaired) electrons. The smallest absolute Gasteiger partial charge is 0.341 e. The zero-order chi connectivity index (χ0) is 23.0. The van der Waals surface area contributed by atoms with Crippen LogP contribution in [0.1, 0.15) is 38.2 Å². The minimum absolute atomic E-state index is 0.0130. The number of amides is 1. The van der Waals surface area contributed by atoms with Crippen LogP contribution in [0.4, 0.5) is 13.2 Å². The van der Waals surface area contributed by atoms with Gasteiger partial charge < -0.3 is 10.2 Å². The Kier molecular flexibility index (Phi) is 7.02. The summed E-state index contributed by atoms with van der Waals surface area (Å²) < 4.78 is 65.8. The van der Waals surface area contributed by atoms with E-state index >= 15 is 0 Å². The molecule has 1 aliphatic heterocycles. The molecule has 1 saturated carbocycles. The Hall–Kier alpha value is -1.65. The predicted molar refractivity (Wildman–Crippen MR) is 111 cm³/mol. The molecule has 0 aromatic heterocycles. The van der Waals surface area contributed by atoms with Crippen LogP contribution in [-0.2, 0) is 21.0 Å². The Labute approximate surface area is 181 Å². The fraction of sp³-hybridized carbons (Fsp3) is 0.667. The molecule has 10 heteroatoms. The third-order valence-corrected chi connectivity index (χ3v) is 8.52. The van der Waals surface area contributed by atoms with Crippen molar-refractivity contribution in [3.63, 3.8) is 0 Å². The highest BCUT2D eigenvalue weighted by Crippen LogP contribution is 2.42. The second kappa shape index (κ2) is 9.07. The van der Waals surface area contributed by atoms with Gasteiger partial charge in [0.2, 0.25) is 15.9 Å². The number of alkyl halides is 3. The van der Waals surface area contributed by atoms with Crippen LogP contribution in [0.2, 0.25) is 0 Å². The maximum atomic E-state index is 13.0. The van der Waals surface area contributed by atoms with Crippen molar-refractivity contribution < 1.29 is 26.4 Å². The third kappa shape index (κ3) is 4.75. The van der Waals surface area contributed by atoms with Crippen molar-refractivity contribution in [3.05, 3.63) is 29.8 Å². The molecular formula is C21H30F3N3O3S. The average Bonchev–Trinajstić information content (AvgIpc) is 3.32. The Balaban J connectivity index is 1.73. The molecule has 1 saturated heterocycles. The molecule has 6 nitrogen and oxygen atoms in total. The number of halogens is 3. The maximum Gasteiger partial charge on any atom is 0.416 e. The molecule has 1 aromatic carbocycles. The minimum Gasteiger partial charge on any atom is -0.341 e. The van der Waals surface area contributed by atoms with E-state index in [2.05, 4.69) is 5.32 Å². The van der Waals surface area contributed by atoms with Gasteiger partial charge >= 0.3 is 6.18 Å². The number of fused-ring (bicyclic) bond motifs is 1. The molecule has 0 bridgehead atoms. The van der Waals surface area contributed by atoms with E-state index in [1.807, 2.05) is 6.92 Å². The lowest BCUT2D eigenvalue weighted by atomic mass is 9.96. The van der Waals surface area contributed by atoms with E-state index in [0.717, 1.165) is 49.9 Å². The largest absolute Gasteiger partial charge is 0.416 e. The van der Waals surface area contributed by atoms with Gasteiger partial charge in [-0.05, 0) is 62.4 Å². The van der Waals surface area contributed by atoms with E-state index < -0.39 is 21.8 Å². The van der Waals surface area contributed by atoms with Crippen LogP contribution in [0.3, 0.4) is 0 Å². The van der Waals surface area contributed by atoms with Gasteiger partial charge in [0, 0.05) is 26.2 Å². The maximum absolute atomic E-state index is 13.0. The van der Waals surface area contributed by atoms with Gasteiger partial charge in [-0.3, -0.25) is 4.79 Å². The second-order valence-electron chi connectivity index (χ2n) is 8.49. The molecule has 3 rings (SSSR count). The molecule has 1 N–H and O–H groups in total. The number of carbonyl (C=O) groups excluding carboxylic acids is 1. The van der Waals surface area contributed by atoms with E-state index in [4.69, 9.17) is 0 Å². The third-order valence-electron chi connectivity index (χ3n) is 6.67. The number of sulfonamides is 1. The number of nitrogens with one attached hydrogen (secondary N) is 1. The molecule has 174 valence electrons. The summed E-state index contributed by atoms with van der Waals surface area (Å²) in [7, 11) is -0.350. The Morgan fingerprint density at radius 2 is 1.87 bits per heavy atom. The summed E-state index contributed by atoms with van der Waals surface area (Å²) in [5.41, 5.74) is -0.879. The first-order valence-electron chi connectivity index (χ1n) is 10.6. The number of likely N-dealkylation sites (N-methyl/N-ethyl adjacent to an activating group) is 2. The Morgan fingerprint density at radius 1 is 1.23 bits per heavy atom. The van der Waals surface area contributed by atoms with Crippen molar-refractivity contribution in [1.82, 2.24) is 14.5 Å². The molecule has 1 amide bonds. The molecule has 1 heterocycles. The molecule has 0 unspecified atom stereocenters. The number of rotatable bonds is 7. The molecule has 31 heavy (non-hydrogen) atoms. The fourth-order valence-electron chi connectivity index (χ4n) is 4.93. The van der Waals surface area contributed by atoms with Crippen LogP contribution in [0.5, 0.6) is 0 Å². The predicted octanol–water partition coefficient (Wildman–Crippen LogP) is 2.95. The van der Waals surface area contributed by atoms with E-state index in [1.54, 1.807) is 19.0 Å². The summed E-state index contributed by atoms with van der Waals surface area (Å²) in [5, 5.41) is 3.06. The van der Waals surface area contributed by atoms with Crippen LogP contribution in [0, 0.1) is 11.8 Å². The van der Waals surface area contributed by atoms with Gasteiger partial charge in [-0.25, -0.2) is 8.42 Å². The first-order valence-corrected chi connectivity index (χ1v) is 12.1. The lowest BCUT2D eigenvalue weighted by molar-refractivity contribution is -0.137. The van der Waals surface area contributed by atoms with Crippen molar-refractivity contribution in [1.29, 1.82) is 0 Å². The van der Waals surface area contributed by atoms with E-state index in [9.17, 15) is 26.4 Å². The summed E-state index contributed by atoms with van der Waals surface area (Å²) >= 11 is 0. The van der Waals surface area contributed by atoms with Crippen molar-refractivity contribution in [3.8, 4) is 0 Å². The van der Waals surface area contributed by atoms with Crippen molar-refractivity contribution >= 4 is 15.9 Å². The second-order valence-corrected chi connectivity index (χ2v) is 10.4. The number of hydrogen-bond acceptors (Lipinski definition) is 4. The molecule has 4 atom stereocenters. The van der Waals surface area contributed by atoms with Gasteiger partial charge in [0.15, 0.2) is 0 Å². The topological polar surface area (TPSA) is 69.7 Å². The quantitative estimate of drug-likeness (QED) is 0.678. The number of hydrogen-bond donors (Lipinski definition) is 1. The van der Waals surface area contributed by atoms with Gasteiger partial charge in [-0.2, -0.15) is 17.5 Å². The molecular weight excluding hydrogens is 431 g/mol. The zero-order valence-electron chi connectivity index (χ0n) is 18.0. The van der Waals surface area contributed by atoms with Gasteiger partial charge in [0.05, 0.1) is 16.5 Å². The van der Waals surface area contributed by atoms with Crippen LogP contribution in [0.15, 0.2) is 29.2 Å². The Morgan fingerprint density at radius 3 is 2.42 bits per heavy atom. The fourth-order valence-corrected chi connectivity index (χ4v) is 6.46. The van der Waals surface area contributed by atoms with Gasteiger partial charge in [0.1, 0.15) is 0 Å². The highest BCUT2D eigenvalue weighted by molar-refractivity contribution is 7.89. The molecule has 0 spiro atoms. The molecule has 1 aliphatic carbocycles. The first kappa shape index (κ1) is 24.0. The SMILES string of the molecule is CCC[C@H](NC)C(=O)N(C)[C@H]1CC[C@@H]2CN(S(=O)(=O)c3ccc(C(F)(F)F)cc3)C[C@@H]21. The molecule has 1 aromatic rings. The van der Waals surface area contributed by atoms with Crippen LogP contribution >= 0.6 is 0 Å². The van der Waals surface area contributed by atoms with E-state index in [1.165, 1.54) is 4.31 Å². The van der Waals surface area contributed by atoms with Crippen LogP contribution in [0.25, 0.3) is 0 Å². The summed E-state index contributed by atoms with van der Waals surface area (Å²) in [5.74, 6) is 0.181. The van der Waals surface area contributed by atoms with Crippen molar-refractivity contribution in [2.75, 3.05) is 27.2 Å². The van der Waals surface area contributed by atoms with E-state index in [0.29, 0.717) is 6.54 Å². The molecule has 2 aliphatic rings. The monoisotopic (exact) mass is 461 g/mol. The Bertz CT molecular complexity index is 889. The van der Waals surface area contributed by atoms with E-state index in [-0.39, 0.29) is 41.3 Å². The number of benzene rings is 1. The standard InChI is InChI=1S/C21H30F3N3O3S/c1-4-5-18(25-2)20(28)26(3)19-11-6-14-12-27(13-17(14)19)31(29,30)16-9-7-15(8-10-16)21(22,23)24/h7-10,14,17-19,25H,4-6,11-13H2,1-3H3/t14-,17+,18+,19+/m1/s1. The first-order chi connectivity index (χ1) is 14.5. The van der Waals surface area contributed by atoms with Crippen LogP contribution < -0.4 is 5.32 Å². The minimum atomic E-state index is -4.51. The summed E-state index contributed by atoms with van der Waals surface area (Å²) in [6.07, 6.45) is -1.26. The van der Waals surface area contributed by atoms with Gasteiger partial charge in [-0.15, -0.1) is 0 Å². The lowest BCUT2D eigenvalue weighted by Gasteiger charge is -2.32. The summed E-state index contributed by atoms with van der Waals surface area (Å²) in [6, 6.07) is 3.32.